The Morgan fingerprint density at radius 3 is 3.13 bits per heavy atom. The predicted molar refractivity (Wildman–Crippen MR) is 52.6 cm³/mol. The quantitative estimate of drug-likeness (QED) is 0.661. The first-order valence-electron chi connectivity index (χ1n) is 4.46. The summed E-state index contributed by atoms with van der Waals surface area (Å²) < 4.78 is 0. The molecule has 0 aliphatic carbocycles. The first-order chi connectivity index (χ1) is 7.26. The Labute approximate surface area is 86.7 Å². The Bertz CT molecular complexity index is 476. The number of amides is 1. The van der Waals surface area contributed by atoms with Crippen molar-refractivity contribution in [2.75, 3.05) is 11.4 Å². The summed E-state index contributed by atoms with van der Waals surface area (Å²) in [7, 11) is 0. The van der Waals surface area contributed by atoms with Crippen LogP contribution in [-0.2, 0) is 4.79 Å². The summed E-state index contributed by atoms with van der Waals surface area (Å²) >= 11 is 0. The highest BCUT2D eigenvalue weighted by Crippen LogP contribution is 2.25. The van der Waals surface area contributed by atoms with Gasteiger partial charge in [0, 0.05) is 18.9 Å². The van der Waals surface area contributed by atoms with E-state index in [0.717, 1.165) is 0 Å². The van der Waals surface area contributed by atoms with E-state index in [1.54, 1.807) is 0 Å². The van der Waals surface area contributed by atoms with E-state index in [0.29, 0.717) is 24.3 Å². The molecule has 0 bridgehead atoms. The van der Waals surface area contributed by atoms with Crippen molar-refractivity contribution < 1.29 is 4.79 Å². The molecule has 2 heterocycles. The average molecular weight is 200 g/mol. The predicted octanol–water partition coefficient (Wildman–Crippen LogP) is 0.267. The molecule has 1 aliphatic heterocycles. The van der Waals surface area contributed by atoms with Crippen LogP contribution in [0.3, 0.4) is 0 Å². The van der Waals surface area contributed by atoms with E-state index in [9.17, 15) is 4.79 Å². The molecule has 1 fully saturated rings. The highest BCUT2D eigenvalue weighted by molar-refractivity contribution is 5.96. The third-order valence-electron chi connectivity index (χ3n) is 2.37. The molecule has 74 valence electrons. The van der Waals surface area contributed by atoms with Crippen molar-refractivity contribution >= 4 is 11.7 Å². The number of hydrogen-bond acceptors (Lipinski definition) is 3. The molecular weight excluding hydrogens is 192 g/mol. The molecule has 1 unspecified atom stereocenters. The monoisotopic (exact) mass is 200 g/mol. The maximum Gasteiger partial charge on any atom is 0.229 e. The lowest BCUT2D eigenvalue weighted by Crippen LogP contribution is -2.25. The molecule has 1 atom stereocenters. The maximum atomic E-state index is 11.6. The van der Waals surface area contributed by atoms with Gasteiger partial charge in [0.25, 0.3) is 0 Å². The smallest absolute Gasteiger partial charge is 0.229 e. The number of H-pyrrole nitrogens is 1. The van der Waals surface area contributed by atoms with Crippen LogP contribution in [0.15, 0.2) is 6.20 Å². The van der Waals surface area contributed by atoms with Crippen molar-refractivity contribution in [3.05, 3.63) is 11.8 Å². The molecule has 0 saturated carbocycles. The zero-order valence-electron chi connectivity index (χ0n) is 7.90. The Morgan fingerprint density at radius 1 is 1.73 bits per heavy atom. The van der Waals surface area contributed by atoms with Crippen LogP contribution >= 0.6 is 0 Å². The fourth-order valence-corrected chi connectivity index (χ4v) is 1.60. The lowest BCUT2D eigenvalue weighted by atomic mass is 10.1. The summed E-state index contributed by atoms with van der Waals surface area (Å²) in [5.41, 5.74) is 0.362. The average Bonchev–Trinajstić information content (AvgIpc) is 2.82. The topological polar surface area (TPSA) is 72.8 Å². The molecule has 15 heavy (non-hydrogen) atoms. The van der Waals surface area contributed by atoms with Gasteiger partial charge >= 0.3 is 0 Å². The molecule has 1 amide bonds. The van der Waals surface area contributed by atoms with Crippen molar-refractivity contribution in [1.82, 2.24) is 10.2 Å². The Morgan fingerprint density at radius 2 is 2.53 bits per heavy atom. The Kier molecular flexibility index (Phi) is 2.15. The highest BCUT2D eigenvalue weighted by atomic mass is 16.2. The summed E-state index contributed by atoms with van der Waals surface area (Å²) in [4.78, 5) is 13.1. The van der Waals surface area contributed by atoms with Gasteiger partial charge in [-0.05, 0) is 0 Å². The molecule has 1 aliphatic rings. The summed E-state index contributed by atoms with van der Waals surface area (Å²) in [6.07, 6.45) is 6.99. The van der Waals surface area contributed by atoms with Gasteiger partial charge in [-0.3, -0.25) is 14.8 Å². The van der Waals surface area contributed by atoms with Crippen molar-refractivity contribution in [3.63, 3.8) is 0 Å². The highest BCUT2D eigenvalue weighted by Gasteiger charge is 2.31. The summed E-state index contributed by atoms with van der Waals surface area (Å²) in [6.45, 7) is 0.451. The molecule has 2 rings (SSSR count). The van der Waals surface area contributed by atoms with Gasteiger partial charge in [-0.1, -0.05) is 0 Å². The van der Waals surface area contributed by atoms with Gasteiger partial charge in [0.05, 0.1) is 6.20 Å². The minimum atomic E-state index is -0.0765. The second-order valence-corrected chi connectivity index (χ2v) is 3.32. The van der Waals surface area contributed by atoms with E-state index in [2.05, 4.69) is 16.1 Å². The minimum absolute atomic E-state index is 0.0706. The van der Waals surface area contributed by atoms with E-state index < -0.39 is 0 Å². The number of hydrogen-bond donors (Lipinski definition) is 1. The zero-order valence-corrected chi connectivity index (χ0v) is 7.90. The standard InChI is InChI=1S/C10H8N4O/c1-2-7-3-9(15)14(6-7)10-8(4-11)5-12-13-10/h1,5,7H,3,6H2,(H,12,13). The van der Waals surface area contributed by atoms with Crippen LogP contribution in [0.2, 0.25) is 0 Å². The van der Waals surface area contributed by atoms with E-state index in [1.165, 1.54) is 11.1 Å². The lowest BCUT2D eigenvalue weighted by molar-refractivity contribution is -0.117. The molecule has 5 nitrogen and oxygen atoms in total. The minimum Gasteiger partial charge on any atom is -0.295 e. The normalized spacial score (nSPS) is 20.0. The molecule has 0 aromatic carbocycles. The fourth-order valence-electron chi connectivity index (χ4n) is 1.60. The van der Waals surface area contributed by atoms with Gasteiger partial charge in [-0.15, -0.1) is 12.3 Å². The number of carbonyl (C=O) groups excluding carboxylic acids is 1. The first kappa shape index (κ1) is 9.29. The zero-order chi connectivity index (χ0) is 10.8. The van der Waals surface area contributed by atoms with Crippen molar-refractivity contribution in [2.24, 2.45) is 5.92 Å². The van der Waals surface area contributed by atoms with Gasteiger partial charge in [0.1, 0.15) is 17.5 Å². The number of nitriles is 1. The molecule has 1 aromatic rings. The molecule has 1 aromatic heterocycles. The van der Waals surface area contributed by atoms with Crippen LogP contribution < -0.4 is 4.90 Å². The molecular formula is C10H8N4O. The summed E-state index contributed by atoms with van der Waals surface area (Å²) in [6, 6.07) is 1.97. The number of nitrogens with zero attached hydrogens (tertiary/aromatic N) is 3. The van der Waals surface area contributed by atoms with E-state index in [-0.39, 0.29) is 11.8 Å². The number of anilines is 1. The van der Waals surface area contributed by atoms with E-state index in [4.69, 9.17) is 11.7 Å². The fraction of sp³-hybridized carbons (Fsp3) is 0.300. The Hall–Kier alpha value is -2.27. The van der Waals surface area contributed by atoms with Gasteiger partial charge in [0.2, 0.25) is 5.91 Å². The second-order valence-electron chi connectivity index (χ2n) is 3.32. The number of nitrogens with one attached hydrogen (secondary N) is 1. The Balaban J connectivity index is 2.31. The maximum absolute atomic E-state index is 11.6. The molecule has 1 N–H and O–H groups in total. The van der Waals surface area contributed by atoms with Crippen molar-refractivity contribution in [3.8, 4) is 18.4 Å². The van der Waals surface area contributed by atoms with Crippen LogP contribution in [0.1, 0.15) is 12.0 Å². The van der Waals surface area contributed by atoms with Gasteiger partial charge < -0.3 is 0 Å². The van der Waals surface area contributed by atoms with Gasteiger partial charge in [-0.2, -0.15) is 10.4 Å². The number of carbonyl (C=O) groups is 1. The number of aromatic amines is 1. The summed E-state index contributed by atoms with van der Waals surface area (Å²) in [5.74, 6) is 2.84. The van der Waals surface area contributed by atoms with Crippen LogP contribution in [0.25, 0.3) is 0 Å². The number of terminal acetylenes is 1. The number of aromatic nitrogens is 2. The third kappa shape index (κ3) is 1.44. The molecule has 0 radical (unpaired) electrons. The van der Waals surface area contributed by atoms with Crippen LogP contribution in [0.5, 0.6) is 0 Å². The lowest BCUT2D eigenvalue weighted by Gasteiger charge is -2.12. The third-order valence-corrected chi connectivity index (χ3v) is 2.37. The summed E-state index contributed by atoms with van der Waals surface area (Å²) in [5, 5.41) is 15.2. The second kappa shape index (κ2) is 3.47. The SMILES string of the molecule is C#CC1CC(=O)N(c2[nH]ncc2C#N)C1. The molecule has 0 spiro atoms. The van der Waals surface area contributed by atoms with E-state index >= 15 is 0 Å². The number of rotatable bonds is 1. The van der Waals surface area contributed by atoms with Crippen LogP contribution in [0.4, 0.5) is 5.82 Å². The van der Waals surface area contributed by atoms with Gasteiger partial charge in [0.15, 0.2) is 0 Å². The first-order valence-corrected chi connectivity index (χ1v) is 4.46. The van der Waals surface area contributed by atoms with Crippen LogP contribution in [-0.4, -0.2) is 22.6 Å². The van der Waals surface area contributed by atoms with Crippen LogP contribution in [0, 0.1) is 29.6 Å². The van der Waals surface area contributed by atoms with Gasteiger partial charge in [-0.25, -0.2) is 0 Å². The molecule has 1 saturated heterocycles. The largest absolute Gasteiger partial charge is 0.295 e. The molecule has 5 heteroatoms. The van der Waals surface area contributed by atoms with Crippen molar-refractivity contribution in [1.29, 1.82) is 5.26 Å². The van der Waals surface area contributed by atoms with E-state index in [1.807, 2.05) is 6.07 Å². The van der Waals surface area contributed by atoms with Crippen molar-refractivity contribution in [2.45, 2.75) is 6.42 Å².